The number of carbonyl (C=O) groups is 2. The molecule has 0 radical (unpaired) electrons. The summed E-state index contributed by atoms with van der Waals surface area (Å²) < 4.78 is 2.32. The zero-order valence-corrected chi connectivity index (χ0v) is 17.5. The molecule has 1 fully saturated rings. The molecule has 0 unspecified atom stereocenters. The number of carbonyl (C=O) groups excluding carboxylic acids is 2. The van der Waals surface area contributed by atoms with Crippen LogP contribution in [0, 0.1) is 0 Å². The number of ketones is 2. The lowest BCUT2D eigenvalue weighted by Crippen LogP contribution is -2.31. The van der Waals surface area contributed by atoms with Gasteiger partial charge in [0.2, 0.25) is 0 Å². The van der Waals surface area contributed by atoms with Crippen LogP contribution in [0.15, 0.2) is 36.4 Å². The number of fused-ring (bicyclic) bond motifs is 3. The monoisotopic (exact) mass is 390 g/mol. The van der Waals surface area contributed by atoms with E-state index in [9.17, 15) is 9.59 Å². The molecule has 1 N–H and O–H groups in total. The van der Waals surface area contributed by atoms with Gasteiger partial charge >= 0.3 is 0 Å². The van der Waals surface area contributed by atoms with Crippen molar-refractivity contribution in [3.05, 3.63) is 47.5 Å². The Hall–Kier alpha value is -2.46. The Kier molecular flexibility index (Phi) is 5.81. The van der Waals surface area contributed by atoms with Gasteiger partial charge in [0.1, 0.15) is 0 Å². The predicted molar refractivity (Wildman–Crippen MR) is 119 cm³/mol. The first kappa shape index (κ1) is 19.8. The molecular formula is C25H30N2O2. The van der Waals surface area contributed by atoms with Gasteiger partial charge in [0.25, 0.3) is 0 Å². The van der Waals surface area contributed by atoms with Crippen molar-refractivity contribution >= 4 is 33.4 Å². The van der Waals surface area contributed by atoms with Crippen LogP contribution in [-0.2, 0) is 6.54 Å². The van der Waals surface area contributed by atoms with Gasteiger partial charge in [0.15, 0.2) is 11.6 Å². The zero-order chi connectivity index (χ0) is 20.4. The third-order valence-corrected chi connectivity index (χ3v) is 6.30. The lowest BCUT2D eigenvalue weighted by Gasteiger charge is -2.17. The van der Waals surface area contributed by atoms with E-state index in [2.05, 4.69) is 9.88 Å². The second-order valence-electron chi connectivity index (χ2n) is 8.37. The summed E-state index contributed by atoms with van der Waals surface area (Å²) in [5.41, 5.74) is 3.66. The van der Waals surface area contributed by atoms with Crippen LogP contribution in [0.2, 0.25) is 0 Å². The van der Waals surface area contributed by atoms with Gasteiger partial charge < -0.3 is 9.88 Å². The minimum Gasteiger partial charge on any atom is -0.339 e. The van der Waals surface area contributed by atoms with Crippen molar-refractivity contribution in [2.24, 2.45) is 0 Å². The molecule has 152 valence electrons. The van der Waals surface area contributed by atoms with Crippen molar-refractivity contribution in [3.8, 4) is 0 Å². The van der Waals surface area contributed by atoms with Crippen molar-refractivity contribution in [1.29, 1.82) is 0 Å². The van der Waals surface area contributed by atoms with Gasteiger partial charge in [-0.2, -0.15) is 0 Å². The zero-order valence-electron chi connectivity index (χ0n) is 17.5. The third kappa shape index (κ3) is 4.13. The maximum absolute atomic E-state index is 11.9. The lowest BCUT2D eigenvalue weighted by atomic mass is 10.0. The van der Waals surface area contributed by atoms with Crippen LogP contribution in [-0.4, -0.2) is 28.7 Å². The minimum atomic E-state index is 0.0607. The summed E-state index contributed by atoms with van der Waals surface area (Å²) in [5.74, 6) is 0.121. The van der Waals surface area contributed by atoms with Crippen LogP contribution in [0.5, 0.6) is 0 Å². The largest absolute Gasteiger partial charge is 0.339 e. The first-order valence-corrected chi connectivity index (χ1v) is 10.9. The van der Waals surface area contributed by atoms with Crippen LogP contribution in [0.1, 0.15) is 73.1 Å². The number of hydrogen-bond acceptors (Lipinski definition) is 3. The van der Waals surface area contributed by atoms with Crippen LogP contribution < -0.4 is 5.32 Å². The van der Waals surface area contributed by atoms with Gasteiger partial charge in [-0.25, -0.2) is 0 Å². The number of aromatic nitrogens is 1. The molecule has 2 aromatic carbocycles. The van der Waals surface area contributed by atoms with Gasteiger partial charge in [-0.15, -0.1) is 0 Å². The van der Waals surface area contributed by atoms with Gasteiger partial charge in [-0.05, 0) is 63.1 Å². The first-order chi connectivity index (χ1) is 14.0. The second-order valence-corrected chi connectivity index (χ2v) is 8.37. The SMILES string of the molecule is CC(=O)c1ccc2c(c1)c1cc(C(C)=O)ccc1n2CCNC1CCCCCC1. The number of benzene rings is 2. The van der Waals surface area contributed by atoms with Crippen molar-refractivity contribution in [2.75, 3.05) is 6.54 Å². The molecule has 0 saturated heterocycles. The summed E-state index contributed by atoms with van der Waals surface area (Å²) in [6.45, 7) is 4.98. The van der Waals surface area contributed by atoms with Crippen molar-refractivity contribution in [1.82, 2.24) is 9.88 Å². The molecule has 0 bridgehead atoms. The lowest BCUT2D eigenvalue weighted by molar-refractivity contribution is 0.100. The molecule has 1 aliphatic carbocycles. The van der Waals surface area contributed by atoms with E-state index in [0.29, 0.717) is 17.2 Å². The molecule has 0 atom stereocenters. The van der Waals surface area contributed by atoms with E-state index in [1.807, 2.05) is 36.4 Å². The Labute approximate surface area is 172 Å². The number of nitrogens with zero attached hydrogens (tertiary/aromatic N) is 1. The second kappa shape index (κ2) is 8.50. The summed E-state index contributed by atoms with van der Waals surface area (Å²) in [7, 11) is 0. The van der Waals surface area contributed by atoms with E-state index in [1.165, 1.54) is 38.5 Å². The molecule has 0 amide bonds. The Bertz CT molecular complexity index is 984. The highest BCUT2D eigenvalue weighted by molar-refractivity contribution is 6.12. The van der Waals surface area contributed by atoms with E-state index in [4.69, 9.17) is 0 Å². The summed E-state index contributed by atoms with van der Waals surface area (Å²) in [6.07, 6.45) is 7.93. The molecular weight excluding hydrogens is 360 g/mol. The van der Waals surface area contributed by atoms with Crippen LogP contribution in [0.3, 0.4) is 0 Å². The predicted octanol–water partition coefficient (Wildman–Crippen LogP) is 5.51. The molecule has 4 heteroatoms. The molecule has 4 rings (SSSR count). The number of Topliss-reactive ketones (excluding diaryl/α,β-unsaturated/α-hetero) is 2. The van der Waals surface area contributed by atoms with Crippen molar-refractivity contribution < 1.29 is 9.59 Å². The average molecular weight is 391 g/mol. The van der Waals surface area contributed by atoms with Gasteiger partial charge in [0, 0.05) is 52.1 Å². The molecule has 29 heavy (non-hydrogen) atoms. The van der Waals surface area contributed by atoms with E-state index >= 15 is 0 Å². The van der Waals surface area contributed by atoms with Crippen molar-refractivity contribution in [3.63, 3.8) is 0 Å². The molecule has 3 aromatic rings. The fourth-order valence-electron chi connectivity index (χ4n) is 4.65. The van der Waals surface area contributed by atoms with Crippen LogP contribution in [0.25, 0.3) is 21.8 Å². The molecule has 1 saturated carbocycles. The standard InChI is InChI=1S/C25H30N2O2/c1-17(28)19-9-11-24-22(15-19)23-16-20(18(2)29)10-12-25(23)27(24)14-13-26-21-7-5-3-4-6-8-21/h9-12,15-16,21,26H,3-8,13-14H2,1-2H3. The molecule has 0 spiro atoms. The maximum Gasteiger partial charge on any atom is 0.159 e. The van der Waals surface area contributed by atoms with Crippen molar-refractivity contribution in [2.45, 2.75) is 65.0 Å². The van der Waals surface area contributed by atoms with Crippen LogP contribution >= 0.6 is 0 Å². The maximum atomic E-state index is 11.9. The normalized spacial score (nSPS) is 15.7. The summed E-state index contributed by atoms with van der Waals surface area (Å²) in [4.78, 5) is 23.8. The summed E-state index contributed by atoms with van der Waals surface area (Å²) >= 11 is 0. The average Bonchev–Trinajstić information content (AvgIpc) is 2.85. The fourth-order valence-corrected chi connectivity index (χ4v) is 4.65. The summed E-state index contributed by atoms with van der Waals surface area (Å²) in [6, 6.07) is 12.5. The highest BCUT2D eigenvalue weighted by Gasteiger charge is 2.15. The Morgan fingerprint density at radius 3 is 1.86 bits per heavy atom. The van der Waals surface area contributed by atoms with E-state index < -0.39 is 0 Å². The molecule has 1 aliphatic rings. The highest BCUT2D eigenvalue weighted by Crippen LogP contribution is 2.31. The Morgan fingerprint density at radius 2 is 1.38 bits per heavy atom. The van der Waals surface area contributed by atoms with Crippen LogP contribution in [0.4, 0.5) is 0 Å². The summed E-state index contributed by atoms with van der Waals surface area (Å²) in [5, 5.41) is 5.85. The van der Waals surface area contributed by atoms with Gasteiger partial charge in [-0.3, -0.25) is 9.59 Å². The molecule has 1 aromatic heterocycles. The number of rotatable bonds is 6. The smallest absolute Gasteiger partial charge is 0.159 e. The third-order valence-electron chi connectivity index (χ3n) is 6.30. The topological polar surface area (TPSA) is 51.1 Å². The number of hydrogen-bond donors (Lipinski definition) is 1. The molecule has 0 aliphatic heterocycles. The molecule has 4 nitrogen and oxygen atoms in total. The fraction of sp³-hybridized carbons (Fsp3) is 0.440. The highest BCUT2D eigenvalue weighted by atomic mass is 16.1. The van der Waals surface area contributed by atoms with Gasteiger partial charge in [0.05, 0.1) is 0 Å². The minimum absolute atomic E-state index is 0.0607. The first-order valence-electron chi connectivity index (χ1n) is 10.9. The Morgan fingerprint density at radius 1 is 0.862 bits per heavy atom. The Balaban J connectivity index is 1.69. The molecule has 1 heterocycles. The van der Waals surface area contributed by atoms with E-state index in [0.717, 1.165) is 34.9 Å². The number of nitrogens with one attached hydrogen (secondary N) is 1. The quantitative estimate of drug-likeness (QED) is 0.446. The van der Waals surface area contributed by atoms with E-state index in [1.54, 1.807) is 13.8 Å². The van der Waals surface area contributed by atoms with E-state index in [-0.39, 0.29) is 11.6 Å². The van der Waals surface area contributed by atoms with Gasteiger partial charge in [-0.1, -0.05) is 25.7 Å².